The first kappa shape index (κ1) is 14.6. The van der Waals surface area contributed by atoms with Crippen LogP contribution in [-0.4, -0.2) is 36.1 Å². The normalized spacial score (nSPS) is 36.8. The topological polar surface area (TPSA) is 29.5 Å². The molecule has 2 aliphatic rings. The maximum Gasteiger partial charge on any atom is 0.227 e. The van der Waals surface area contributed by atoms with E-state index in [1.54, 1.807) is 0 Å². The lowest BCUT2D eigenvalue weighted by atomic mass is 10.1. The summed E-state index contributed by atoms with van der Waals surface area (Å²) in [7, 11) is 0. The van der Waals surface area contributed by atoms with Crippen LogP contribution in [0.15, 0.2) is 11.6 Å². The van der Waals surface area contributed by atoms with Crippen molar-refractivity contribution in [2.24, 2.45) is 17.3 Å². The van der Waals surface area contributed by atoms with Crippen LogP contribution in [0.5, 0.6) is 0 Å². The van der Waals surface area contributed by atoms with Crippen LogP contribution in [0.4, 0.5) is 0 Å². The molecule has 2 rings (SSSR count). The van der Waals surface area contributed by atoms with Crippen molar-refractivity contribution < 1.29 is 9.53 Å². The summed E-state index contributed by atoms with van der Waals surface area (Å²) in [6.07, 6.45) is 2.56. The van der Waals surface area contributed by atoms with Gasteiger partial charge in [-0.3, -0.25) is 4.79 Å². The molecule has 1 heterocycles. The molecular weight excluding hydrogens is 238 g/mol. The zero-order valence-corrected chi connectivity index (χ0v) is 13.1. The van der Waals surface area contributed by atoms with Gasteiger partial charge >= 0.3 is 0 Å². The Morgan fingerprint density at radius 1 is 1.21 bits per heavy atom. The van der Waals surface area contributed by atoms with Gasteiger partial charge in [-0.05, 0) is 39.0 Å². The fourth-order valence-electron chi connectivity index (χ4n) is 3.37. The molecule has 3 heteroatoms. The Bertz CT molecular complexity index is 386. The van der Waals surface area contributed by atoms with Gasteiger partial charge in [-0.2, -0.15) is 0 Å². The minimum Gasteiger partial charge on any atom is -0.372 e. The number of allylic oxidation sites excluding steroid dienone is 2. The van der Waals surface area contributed by atoms with Crippen LogP contribution in [0.2, 0.25) is 0 Å². The van der Waals surface area contributed by atoms with E-state index in [4.69, 9.17) is 4.74 Å². The largest absolute Gasteiger partial charge is 0.372 e. The molecule has 0 radical (unpaired) electrons. The standard InChI is InChI=1S/C16H27NO2/c1-10(2)7-13-14(16(13,5)6)15(18)17-8-11(3)19-12(4)9-17/h7,11-14H,8-9H2,1-6H3/t11-,12+,13-,14-/m1/s1. The number of nitrogens with zero attached hydrogens (tertiary/aromatic N) is 1. The van der Waals surface area contributed by atoms with Crippen LogP contribution in [-0.2, 0) is 9.53 Å². The van der Waals surface area contributed by atoms with Gasteiger partial charge in [-0.1, -0.05) is 25.5 Å². The summed E-state index contributed by atoms with van der Waals surface area (Å²) in [5, 5.41) is 0. The molecule has 0 aromatic rings. The number of carbonyl (C=O) groups excluding carboxylic acids is 1. The number of carbonyl (C=O) groups is 1. The molecule has 1 aliphatic heterocycles. The van der Waals surface area contributed by atoms with Crippen molar-refractivity contribution >= 4 is 5.91 Å². The summed E-state index contributed by atoms with van der Waals surface area (Å²) in [4.78, 5) is 14.7. The van der Waals surface area contributed by atoms with Gasteiger partial charge in [0, 0.05) is 13.1 Å². The molecular formula is C16H27NO2. The molecule has 0 bridgehead atoms. The third kappa shape index (κ3) is 2.86. The molecule has 0 aromatic carbocycles. The van der Waals surface area contributed by atoms with Crippen molar-refractivity contribution in [2.45, 2.75) is 53.8 Å². The van der Waals surface area contributed by atoms with Crippen molar-refractivity contribution in [1.82, 2.24) is 4.90 Å². The van der Waals surface area contributed by atoms with Crippen LogP contribution in [0, 0.1) is 17.3 Å². The maximum atomic E-state index is 12.7. The predicted octanol–water partition coefficient (Wildman–Crippen LogP) is 2.86. The SMILES string of the molecule is CC(C)=C[C@@H]1[C@H](C(=O)N2C[C@@H](C)O[C@@H](C)C2)C1(C)C. The first-order valence-electron chi connectivity index (χ1n) is 7.32. The zero-order chi connectivity index (χ0) is 14.4. The van der Waals surface area contributed by atoms with E-state index in [-0.39, 0.29) is 23.5 Å². The van der Waals surface area contributed by atoms with Crippen LogP contribution >= 0.6 is 0 Å². The van der Waals surface area contributed by atoms with Crippen molar-refractivity contribution in [3.05, 3.63) is 11.6 Å². The van der Waals surface area contributed by atoms with Crippen LogP contribution in [0.25, 0.3) is 0 Å². The molecule has 19 heavy (non-hydrogen) atoms. The number of rotatable bonds is 2. The lowest BCUT2D eigenvalue weighted by Crippen LogP contribution is -2.49. The summed E-state index contributed by atoms with van der Waals surface area (Å²) in [5.74, 6) is 0.868. The summed E-state index contributed by atoms with van der Waals surface area (Å²) in [5.41, 5.74) is 1.41. The average Bonchev–Trinajstić information content (AvgIpc) is 2.77. The predicted molar refractivity (Wildman–Crippen MR) is 76.8 cm³/mol. The van der Waals surface area contributed by atoms with Gasteiger partial charge in [-0.25, -0.2) is 0 Å². The minimum atomic E-state index is 0.110. The van der Waals surface area contributed by atoms with E-state index in [1.165, 1.54) is 5.57 Å². The van der Waals surface area contributed by atoms with Gasteiger partial charge in [-0.15, -0.1) is 0 Å². The number of morpholine rings is 1. The second kappa shape index (κ2) is 4.93. The molecule has 0 unspecified atom stereocenters. The van der Waals surface area contributed by atoms with E-state index in [1.807, 2.05) is 18.7 Å². The Balaban J connectivity index is 2.07. The van der Waals surface area contributed by atoms with Gasteiger partial charge < -0.3 is 9.64 Å². The summed E-state index contributed by atoms with van der Waals surface area (Å²) in [6.45, 7) is 14.2. The maximum absolute atomic E-state index is 12.7. The molecule has 0 N–H and O–H groups in total. The lowest BCUT2D eigenvalue weighted by molar-refractivity contribution is -0.145. The highest BCUT2D eigenvalue weighted by atomic mass is 16.5. The summed E-state index contributed by atoms with van der Waals surface area (Å²) >= 11 is 0. The highest BCUT2D eigenvalue weighted by Crippen LogP contribution is 2.60. The first-order chi connectivity index (χ1) is 8.73. The van der Waals surface area contributed by atoms with Gasteiger partial charge in [0.1, 0.15) is 0 Å². The van der Waals surface area contributed by atoms with Gasteiger partial charge in [0.15, 0.2) is 0 Å². The van der Waals surface area contributed by atoms with E-state index in [0.29, 0.717) is 11.8 Å². The third-order valence-corrected chi connectivity index (χ3v) is 4.42. The summed E-state index contributed by atoms with van der Waals surface area (Å²) in [6, 6.07) is 0. The van der Waals surface area contributed by atoms with Crippen molar-refractivity contribution in [1.29, 1.82) is 0 Å². The molecule has 2 fully saturated rings. The van der Waals surface area contributed by atoms with Crippen molar-refractivity contribution in [3.8, 4) is 0 Å². The molecule has 1 saturated carbocycles. The van der Waals surface area contributed by atoms with E-state index in [0.717, 1.165) is 13.1 Å². The monoisotopic (exact) mass is 265 g/mol. The highest BCUT2D eigenvalue weighted by molar-refractivity contribution is 5.84. The Morgan fingerprint density at radius 2 is 1.74 bits per heavy atom. The van der Waals surface area contributed by atoms with Gasteiger partial charge in [0.2, 0.25) is 5.91 Å². The molecule has 1 amide bonds. The fraction of sp³-hybridized carbons (Fsp3) is 0.812. The lowest BCUT2D eigenvalue weighted by Gasteiger charge is -2.35. The van der Waals surface area contributed by atoms with E-state index in [9.17, 15) is 4.79 Å². The molecule has 1 saturated heterocycles. The van der Waals surface area contributed by atoms with Crippen molar-refractivity contribution in [2.75, 3.05) is 13.1 Å². The summed E-state index contributed by atoms with van der Waals surface area (Å²) < 4.78 is 5.70. The molecule has 108 valence electrons. The Kier molecular flexibility index (Phi) is 3.78. The molecule has 3 nitrogen and oxygen atoms in total. The Labute approximate surface area is 117 Å². The van der Waals surface area contributed by atoms with E-state index in [2.05, 4.69) is 33.8 Å². The van der Waals surface area contributed by atoms with Crippen molar-refractivity contribution in [3.63, 3.8) is 0 Å². The quantitative estimate of drug-likeness (QED) is 0.719. The fourth-order valence-corrected chi connectivity index (χ4v) is 3.37. The smallest absolute Gasteiger partial charge is 0.227 e. The second-order valence-corrected chi connectivity index (χ2v) is 7.07. The number of hydrogen-bond donors (Lipinski definition) is 0. The number of amides is 1. The van der Waals surface area contributed by atoms with Crippen LogP contribution in [0.1, 0.15) is 41.5 Å². The minimum absolute atomic E-state index is 0.110. The third-order valence-electron chi connectivity index (χ3n) is 4.42. The van der Waals surface area contributed by atoms with Crippen LogP contribution in [0.3, 0.4) is 0 Å². The van der Waals surface area contributed by atoms with Gasteiger partial charge in [0.25, 0.3) is 0 Å². The Hall–Kier alpha value is -0.830. The molecule has 0 spiro atoms. The number of ether oxygens (including phenoxy) is 1. The highest BCUT2D eigenvalue weighted by Gasteiger charge is 2.61. The zero-order valence-electron chi connectivity index (χ0n) is 13.1. The van der Waals surface area contributed by atoms with E-state index >= 15 is 0 Å². The second-order valence-electron chi connectivity index (χ2n) is 7.07. The van der Waals surface area contributed by atoms with Crippen LogP contribution < -0.4 is 0 Å². The Morgan fingerprint density at radius 3 is 2.21 bits per heavy atom. The molecule has 0 aromatic heterocycles. The van der Waals surface area contributed by atoms with Gasteiger partial charge in [0.05, 0.1) is 18.1 Å². The molecule has 4 atom stereocenters. The number of hydrogen-bond acceptors (Lipinski definition) is 2. The average molecular weight is 265 g/mol. The molecule has 1 aliphatic carbocycles. The van der Waals surface area contributed by atoms with E-state index < -0.39 is 0 Å². The first-order valence-corrected chi connectivity index (χ1v) is 7.32.